The second-order valence-electron chi connectivity index (χ2n) is 8.33. The van der Waals surface area contributed by atoms with Crippen LogP contribution in [0.3, 0.4) is 0 Å². The molecule has 0 radical (unpaired) electrons. The monoisotopic (exact) mass is 373 g/mol. The van der Waals surface area contributed by atoms with Gasteiger partial charge in [-0.15, -0.1) is 0 Å². The smallest absolute Gasteiger partial charge is 0.320 e. The first-order valence-corrected chi connectivity index (χ1v) is 9.34. The van der Waals surface area contributed by atoms with Crippen molar-refractivity contribution < 1.29 is 13.6 Å². The van der Waals surface area contributed by atoms with Crippen molar-refractivity contribution in [1.82, 2.24) is 25.0 Å². The fraction of sp³-hybridized carbons (Fsp3) is 0.526. The molecule has 1 N–H and O–H groups in total. The fourth-order valence-corrected chi connectivity index (χ4v) is 4.88. The van der Waals surface area contributed by atoms with Crippen LogP contribution in [0.2, 0.25) is 0 Å². The predicted molar refractivity (Wildman–Crippen MR) is 92.9 cm³/mol. The number of hydrogen-bond donors (Lipinski definition) is 1. The van der Waals surface area contributed by atoms with Crippen LogP contribution in [0, 0.1) is 23.0 Å². The first-order chi connectivity index (χ1) is 13.0. The number of aromatic nitrogens is 3. The van der Waals surface area contributed by atoms with Gasteiger partial charge in [0.05, 0.1) is 5.92 Å². The standard InChI is InChI=1S/C19H21F2N5O/c20-15-2-1-13(16(21)4-15)3-12-5-19(6-12)9-26(10-19)18(27)25-7-14(8-25)17-22-11-23-24-17/h1-2,4,11-12,14H,3,5-10H2,(H,22,23,24). The molecule has 0 atom stereocenters. The summed E-state index contributed by atoms with van der Waals surface area (Å²) in [6, 6.07) is 3.91. The zero-order chi connectivity index (χ0) is 18.6. The summed E-state index contributed by atoms with van der Waals surface area (Å²) in [4.78, 5) is 20.4. The Morgan fingerprint density at radius 2 is 2.00 bits per heavy atom. The maximum absolute atomic E-state index is 13.8. The number of benzene rings is 1. The van der Waals surface area contributed by atoms with Gasteiger partial charge in [0, 0.05) is 37.7 Å². The maximum atomic E-state index is 13.8. The molecule has 1 saturated carbocycles. The summed E-state index contributed by atoms with van der Waals surface area (Å²) in [6.07, 6.45) is 4.15. The van der Waals surface area contributed by atoms with Crippen LogP contribution >= 0.6 is 0 Å². The zero-order valence-corrected chi connectivity index (χ0v) is 14.9. The summed E-state index contributed by atoms with van der Waals surface area (Å²) in [5, 5.41) is 6.71. The molecule has 8 heteroatoms. The number of H-pyrrole nitrogens is 1. The Hall–Kier alpha value is -2.51. The fourth-order valence-electron chi connectivity index (χ4n) is 4.88. The highest BCUT2D eigenvalue weighted by atomic mass is 19.1. The average molecular weight is 373 g/mol. The second-order valence-corrected chi connectivity index (χ2v) is 8.33. The van der Waals surface area contributed by atoms with Crippen LogP contribution in [0.25, 0.3) is 0 Å². The largest absolute Gasteiger partial charge is 0.323 e. The van der Waals surface area contributed by atoms with Gasteiger partial charge in [-0.1, -0.05) is 6.07 Å². The van der Waals surface area contributed by atoms with E-state index in [-0.39, 0.29) is 17.4 Å². The van der Waals surface area contributed by atoms with E-state index in [0.717, 1.165) is 37.8 Å². The van der Waals surface area contributed by atoms with Gasteiger partial charge >= 0.3 is 6.03 Å². The van der Waals surface area contributed by atoms with E-state index in [1.165, 1.54) is 12.4 Å². The number of hydrogen-bond acceptors (Lipinski definition) is 3. The minimum atomic E-state index is -0.536. The summed E-state index contributed by atoms with van der Waals surface area (Å²) >= 11 is 0. The van der Waals surface area contributed by atoms with Gasteiger partial charge in [-0.05, 0) is 36.8 Å². The highest BCUT2D eigenvalue weighted by molar-refractivity contribution is 5.76. The van der Waals surface area contributed by atoms with Crippen molar-refractivity contribution in [3.63, 3.8) is 0 Å². The van der Waals surface area contributed by atoms with Gasteiger partial charge in [0.1, 0.15) is 23.8 Å². The molecule has 142 valence electrons. The number of amides is 2. The molecule has 2 aromatic rings. The molecule has 27 heavy (non-hydrogen) atoms. The van der Waals surface area contributed by atoms with Crippen molar-refractivity contribution >= 4 is 6.03 Å². The average Bonchev–Trinajstić information content (AvgIpc) is 3.02. The summed E-state index contributed by atoms with van der Waals surface area (Å²) in [7, 11) is 0. The van der Waals surface area contributed by atoms with Crippen molar-refractivity contribution in [2.24, 2.45) is 11.3 Å². The van der Waals surface area contributed by atoms with Gasteiger partial charge in [-0.2, -0.15) is 5.10 Å². The van der Waals surface area contributed by atoms with Crippen LogP contribution in [0.5, 0.6) is 0 Å². The Kier molecular flexibility index (Phi) is 3.70. The Morgan fingerprint density at radius 1 is 1.22 bits per heavy atom. The summed E-state index contributed by atoms with van der Waals surface area (Å²) < 4.78 is 26.8. The Balaban J connectivity index is 1.08. The molecule has 0 bridgehead atoms. The number of halogens is 2. The lowest BCUT2D eigenvalue weighted by Gasteiger charge is -2.60. The van der Waals surface area contributed by atoms with E-state index >= 15 is 0 Å². The van der Waals surface area contributed by atoms with Crippen LogP contribution in [0.1, 0.15) is 30.1 Å². The van der Waals surface area contributed by atoms with E-state index in [4.69, 9.17) is 0 Å². The van der Waals surface area contributed by atoms with E-state index in [1.807, 2.05) is 9.80 Å². The summed E-state index contributed by atoms with van der Waals surface area (Å²) in [6.45, 7) is 2.95. The van der Waals surface area contributed by atoms with Crippen LogP contribution in [-0.4, -0.2) is 57.2 Å². The normalized spacial score (nSPS) is 21.7. The first-order valence-electron chi connectivity index (χ1n) is 9.34. The van der Waals surface area contributed by atoms with Crippen LogP contribution in [0.15, 0.2) is 24.5 Å². The van der Waals surface area contributed by atoms with Gasteiger partial charge in [0.25, 0.3) is 0 Å². The minimum Gasteiger partial charge on any atom is -0.323 e. The molecule has 3 aliphatic rings. The van der Waals surface area contributed by atoms with E-state index in [9.17, 15) is 13.6 Å². The summed E-state index contributed by atoms with van der Waals surface area (Å²) in [5.74, 6) is 0.521. The lowest BCUT2D eigenvalue weighted by molar-refractivity contribution is -0.0794. The predicted octanol–water partition coefficient (Wildman–Crippen LogP) is 2.56. The van der Waals surface area contributed by atoms with Crippen molar-refractivity contribution in [2.45, 2.75) is 25.2 Å². The third kappa shape index (κ3) is 2.87. The van der Waals surface area contributed by atoms with E-state index < -0.39 is 11.6 Å². The molecule has 1 aliphatic carbocycles. The lowest BCUT2D eigenvalue weighted by atomic mass is 9.56. The highest BCUT2D eigenvalue weighted by Crippen LogP contribution is 2.53. The Labute approximate surface area is 155 Å². The van der Waals surface area contributed by atoms with E-state index in [1.54, 1.807) is 6.07 Å². The molecule has 1 aromatic heterocycles. The minimum absolute atomic E-state index is 0.101. The Bertz CT molecular complexity index is 851. The topological polar surface area (TPSA) is 65.1 Å². The molecule has 1 aromatic carbocycles. The van der Waals surface area contributed by atoms with Crippen molar-refractivity contribution in [2.75, 3.05) is 26.2 Å². The van der Waals surface area contributed by atoms with E-state index in [0.29, 0.717) is 31.0 Å². The molecular formula is C19H21F2N5O. The molecule has 2 amide bonds. The van der Waals surface area contributed by atoms with Crippen molar-refractivity contribution in [1.29, 1.82) is 0 Å². The summed E-state index contributed by atoms with van der Waals surface area (Å²) in [5.41, 5.74) is 0.800. The highest BCUT2D eigenvalue weighted by Gasteiger charge is 2.54. The Morgan fingerprint density at radius 3 is 2.67 bits per heavy atom. The van der Waals surface area contributed by atoms with Gasteiger partial charge in [0.2, 0.25) is 0 Å². The molecule has 3 fully saturated rings. The molecule has 2 aliphatic heterocycles. The molecule has 1 spiro atoms. The molecular weight excluding hydrogens is 352 g/mol. The van der Waals surface area contributed by atoms with Crippen LogP contribution in [0.4, 0.5) is 13.6 Å². The van der Waals surface area contributed by atoms with Crippen LogP contribution in [-0.2, 0) is 6.42 Å². The molecule has 2 saturated heterocycles. The number of carbonyl (C=O) groups excluding carboxylic acids is 1. The maximum Gasteiger partial charge on any atom is 0.320 e. The van der Waals surface area contributed by atoms with Crippen LogP contribution < -0.4 is 0 Å². The number of likely N-dealkylation sites (tertiary alicyclic amines) is 2. The quantitative estimate of drug-likeness (QED) is 0.899. The number of urea groups is 1. The van der Waals surface area contributed by atoms with Gasteiger partial charge < -0.3 is 9.80 Å². The lowest BCUT2D eigenvalue weighted by Crippen LogP contribution is -2.67. The number of nitrogens with zero attached hydrogens (tertiary/aromatic N) is 4. The third-order valence-corrected chi connectivity index (χ3v) is 6.26. The molecule has 0 unspecified atom stereocenters. The number of aromatic amines is 1. The van der Waals surface area contributed by atoms with Gasteiger partial charge in [0.15, 0.2) is 0 Å². The number of carbonyl (C=O) groups is 1. The van der Waals surface area contributed by atoms with Crippen molar-refractivity contribution in [3.05, 3.63) is 47.5 Å². The molecule has 5 rings (SSSR count). The second kappa shape index (κ2) is 6.00. The van der Waals surface area contributed by atoms with Crippen molar-refractivity contribution in [3.8, 4) is 0 Å². The number of nitrogens with one attached hydrogen (secondary N) is 1. The first kappa shape index (κ1) is 16.6. The van der Waals surface area contributed by atoms with Gasteiger partial charge in [-0.25, -0.2) is 18.6 Å². The SMILES string of the molecule is O=C(N1CC(c2ncn[nH]2)C1)N1CC2(CC(Cc3ccc(F)cc3F)C2)C1. The molecule has 3 heterocycles. The van der Waals surface area contributed by atoms with Gasteiger partial charge in [-0.3, -0.25) is 5.10 Å². The van der Waals surface area contributed by atoms with E-state index in [2.05, 4.69) is 15.2 Å². The molecule has 6 nitrogen and oxygen atoms in total. The number of rotatable bonds is 3. The third-order valence-electron chi connectivity index (χ3n) is 6.26. The zero-order valence-electron chi connectivity index (χ0n) is 14.9.